The van der Waals surface area contributed by atoms with E-state index in [0.29, 0.717) is 40.2 Å². The average molecular weight is 490 g/mol. The standard InChI is InChI=1S/C27H18F4N4O/c28-21-7-6-16(12-24(36)17-3-1-4-19(13-17)27(29,30)31)11-18(21)14-23-20(5-2-9-32-23)25-26-22(8-10-33-26)34-15-35-25/h1-7,9-11,13,15H,8,12,14H2. The van der Waals surface area contributed by atoms with Gasteiger partial charge in [0.2, 0.25) is 0 Å². The molecule has 0 aliphatic carbocycles. The largest absolute Gasteiger partial charge is 0.416 e. The summed E-state index contributed by atoms with van der Waals surface area (Å²) in [6.07, 6.45) is 0.825. The number of ketones is 1. The quantitative estimate of drug-likeness (QED) is 0.247. The van der Waals surface area contributed by atoms with Crippen LogP contribution in [0.3, 0.4) is 0 Å². The van der Waals surface area contributed by atoms with Crippen molar-refractivity contribution in [2.45, 2.75) is 25.4 Å². The summed E-state index contributed by atoms with van der Waals surface area (Å²) < 4.78 is 53.8. The number of Topliss-reactive ketones (excluding diaryl/α,β-unsaturated/α-hetero) is 1. The Labute approximate surface area is 203 Å². The molecule has 1 aliphatic rings. The number of hydrogen-bond acceptors (Lipinski definition) is 5. The van der Waals surface area contributed by atoms with Gasteiger partial charge in [-0.3, -0.25) is 14.8 Å². The topological polar surface area (TPSA) is 68.1 Å². The summed E-state index contributed by atoms with van der Waals surface area (Å²) in [5, 5.41) is 0. The van der Waals surface area contributed by atoms with E-state index in [1.54, 1.807) is 24.5 Å². The van der Waals surface area contributed by atoms with Crippen LogP contribution in [0.5, 0.6) is 0 Å². The van der Waals surface area contributed by atoms with Crippen molar-refractivity contribution in [1.82, 2.24) is 15.0 Å². The van der Waals surface area contributed by atoms with Crippen LogP contribution in [-0.4, -0.2) is 26.9 Å². The summed E-state index contributed by atoms with van der Waals surface area (Å²) in [6.45, 7) is 0. The monoisotopic (exact) mass is 490 g/mol. The highest BCUT2D eigenvalue weighted by molar-refractivity contribution is 5.97. The Morgan fingerprint density at radius 3 is 2.67 bits per heavy atom. The molecular weight excluding hydrogens is 472 g/mol. The van der Waals surface area contributed by atoms with Crippen molar-refractivity contribution in [3.63, 3.8) is 0 Å². The van der Waals surface area contributed by atoms with E-state index in [1.165, 1.54) is 30.6 Å². The lowest BCUT2D eigenvalue weighted by Crippen LogP contribution is -2.09. The number of aliphatic imine (C=N–C) groups is 1. The van der Waals surface area contributed by atoms with Gasteiger partial charge < -0.3 is 0 Å². The van der Waals surface area contributed by atoms with Gasteiger partial charge in [-0.05, 0) is 41.5 Å². The predicted molar refractivity (Wildman–Crippen MR) is 126 cm³/mol. The highest BCUT2D eigenvalue weighted by Gasteiger charge is 2.31. The van der Waals surface area contributed by atoms with Gasteiger partial charge in [0.1, 0.15) is 23.5 Å². The van der Waals surface area contributed by atoms with Crippen molar-refractivity contribution < 1.29 is 22.4 Å². The molecule has 5 rings (SSSR count). The van der Waals surface area contributed by atoms with Crippen LogP contribution in [0.25, 0.3) is 11.3 Å². The van der Waals surface area contributed by atoms with Crippen molar-refractivity contribution in [2.24, 2.45) is 4.99 Å². The Kier molecular flexibility index (Phi) is 6.13. The number of alkyl halides is 3. The molecule has 0 N–H and O–H groups in total. The summed E-state index contributed by atoms with van der Waals surface area (Å²) in [5.41, 5.74) is 3.17. The summed E-state index contributed by atoms with van der Waals surface area (Å²) in [7, 11) is 0. The van der Waals surface area contributed by atoms with Crippen LogP contribution in [0, 0.1) is 5.82 Å². The van der Waals surface area contributed by atoms with Crippen LogP contribution in [0.15, 0.2) is 72.1 Å². The molecule has 0 amide bonds. The van der Waals surface area contributed by atoms with Gasteiger partial charge in [0.15, 0.2) is 5.78 Å². The zero-order valence-corrected chi connectivity index (χ0v) is 18.8. The zero-order valence-electron chi connectivity index (χ0n) is 18.8. The molecule has 36 heavy (non-hydrogen) atoms. The van der Waals surface area contributed by atoms with Crippen LogP contribution in [0.4, 0.5) is 23.2 Å². The molecule has 5 nitrogen and oxygen atoms in total. The Hall–Kier alpha value is -4.27. The van der Waals surface area contributed by atoms with Gasteiger partial charge in [0, 0.05) is 42.8 Å². The number of aromatic nitrogens is 3. The molecule has 0 fully saturated rings. The van der Waals surface area contributed by atoms with Crippen molar-refractivity contribution in [3.05, 3.63) is 107 Å². The van der Waals surface area contributed by atoms with Gasteiger partial charge in [0.05, 0.1) is 17.0 Å². The third kappa shape index (κ3) is 4.77. The lowest BCUT2D eigenvalue weighted by Gasteiger charge is -2.12. The molecule has 2 aromatic heterocycles. The van der Waals surface area contributed by atoms with E-state index in [4.69, 9.17) is 0 Å². The molecule has 3 heterocycles. The summed E-state index contributed by atoms with van der Waals surface area (Å²) in [4.78, 5) is 30.1. The Morgan fingerprint density at radius 2 is 1.83 bits per heavy atom. The third-order valence-corrected chi connectivity index (χ3v) is 5.89. The fourth-order valence-electron chi connectivity index (χ4n) is 4.13. The van der Waals surface area contributed by atoms with Crippen LogP contribution in [0.1, 0.15) is 38.4 Å². The first-order chi connectivity index (χ1) is 17.3. The van der Waals surface area contributed by atoms with Crippen molar-refractivity contribution in [3.8, 4) is 11.3 Å². The van der Waals surface area contributed by atoms with Gasteiger partial charge >= 0.3 is 6.18 Å². The van der Waals surface area contributed by atoms with Gasteiger partial charge in [-0.1, -0.05) is 24.3 Å². The van der Waals surface area contributed by atoms with Gasteiger partial charge in [-0.2, -0.15) is 13.2 Å². The molecule has 0 atom stereocenters. The summed E-state index contributed by atoms with van der Waals surface area (Å²) in [6, 6.07) is 12.1. The maximum atomic E-state index is 14.8. The number of pyridine rings is 1. The molecule has 0 saturated carbocycles. The van der Waals surface area contributed by atoms with E-state index in [0.717, 1.165) is 17.8 Å². The minimum absolute atomic E-state index is 0.0547. The first kappa shape index (κ1) is 23.5. The Morgan fingerprint density at radius 1 is 0.972 bits per heavy atom. The Balaban J connectivity index is 1.42. The minimum Gasteiger partial charge on any atom is -0.294 e. The van der Waals surface area contributed by atoms with Crippen LogP contribution < -0.4 is 0 Å². The van der Waals surface area contributed by atoms with Crippen LogP contribution in [-0.2, 0) is 25.4 Å². The molecule has 1 aliphatic heterocycles. The van der Waals surface area contributed by atoms with E-state index in [-0.39, 0.29) is 18.4 Å². The number of carbonyl (C=O) groups excluding carboxylic acids is 1. The van der Waals surface area contributed by atoms with Crippen molar-refractivity contribution in [1.29, 1.82) is 0 Å². The highest BCUT2D eigenvalue weighted by atomic mass is 19.4. The zero-order chi connectivity index (χ0) is 25.3. The summed E-state index contributed by atoms with van der Waals surface area (Å²) in [5.74, 6) is -0.973. The predicted octanol–water partition coefficient (Wildman–Crippen LogP) is 5.97. The number of rotatable bonds is 6. The molecule has 2 aromatic carbocycles. The third-order valence-electron chi connectivity index (χ3n) is 5.89. The molecular formula is C27H18F4N4O. The smallest absolute Gasteiger partial charge is 0.294 e. The average Bonchev–Trinajstić information content (AvgIpc) is 3.35. The number of fused-ring (bicyclic) bond motifs is 1. The van der Waals surface area contributed by atoms with E-state index in [2.05, 4.69) is 19.9 Å². The van der Waals surface area contributed by atoms with Crippen LogP contribution in [0.2, 0.25) is 0 Å². The molecule has 4 aromatic rings. The fraction of sp³-hybridized carbons (Fsp3) is 0.148. The number of hydrogen-bond donors (Lipinski definition) is 0. The minimum atomic E-state index is -4.55. The van der Waals surface area contributed by atoms with Crippen molar-refractivity contribution in [2.75, 3.05) is 0 Å². The lowest BCUT2D eigenvalue weighted by molar-refractivity contribution is -0.137. The molecule has 0 bridgehead atoms. The second-order valence-electron chi connectivity index (χ2n) is 8.31. The molecule has 0 unspecified atom stereocenters. The van der Waals surface area contributed by atoms with E-state index in [9.17, 15) is 22.4 Å². The number of benzene rings is 2. The van der Waals surface area contributed by atoms with Crippen molar-refractivity contribution >= 4 is 17.7 Å². The van der Waals surface area contributed by atoms with Gasteiger partial charge in [-0.15, -0.1) is 0 Å². The van der Waals surface area contributed by atoms with E-state index < -0.39 is 23.3 Å². The fourth-order valence-corrected chi connectivity index (χ4v) is 4.13. The maximum Gasteiger partial charge on any atom is 0.416 e. The van der Waals surface area contributed by atoms with Gasteiger partial charge in [-0.25, -0.2) is 14.4 Å². The highest BCUT2D eigenvalue weighted by Crippen LogP contribution is 2.35. The number of nitrogens with zero attached hydrogens (tertiary/aromatic N) is 4. The van der Waals surface area contributed by atoms with Crippen LogP contribution >= 0.6 is 0 Å². The van der Waals surface area contributed by atoms with E-state index in [1.807, 2.05) is 6.07 Å². The number of halogens is 4. The Bertz CT molecular complexity index is 1500. The first-order valence-electron chi connectivity index (χ1n) is 11.1. The normalized spacial score (nSPS) is 12.6. The molecule has 0 radical (unpaired) electrons. The van der Waals surface area contributed by atoms with Gasteiger partial charge in [0.25, 0.3) is 0 Å². The lowest BCUT2D eigenvalue weighted by atomic mass is 9.97. The van der Waals surface area contributed by atoms with E-state index >= 15 is 0 Å². The maximum absolute atomic E-state index is 14.8. The molecule has 0 spiro atoms. The molecule has 180 valence electrons. The molecule has 0 saturated heterocycles. The molecule has 9 heteroatoms. The first-order valence-corrected chi connectivity index (χ1v) is 11.1. The summed E-state index contributed by atoms with van der Waals surface area (Å²) >= 11 is 0. The second kappa shape index (κ2) is 9.41. The number of carbonyl (C=O) groups is 1. The SMILES string of the molecule is O=C(Cc1ccc(F)c(Cc2ncccc2-c2ncnc3c2N=CC3)c1)c1cccc(C(F)(F)F)c1. The second-order valence-corrected chi connectivity index (χ2v) is 8.31.